The molecule has 0 aliphatic rings. The summed E-state index contributed by atoms with van der Waals surface area (Å²) < 4.78 is 11.4. The van der Waals surface area contributed by atoms with E-state index in [0.717, 1.165) is 28.5 Å². The van der Waals surface area contributed by atoms with Crippen molar-refractivity contribution in [3.63, 3.8) is 0 Å². The SMILES string of the molecule is CCCOc1c(Cl)cc(/C=N/NC(=O)c2ccc(CSc3nc(C)cc(C)n3)cc2)cc1OCC. The maximum atomic E-state index is 12.5. The highest BCUT2D eigenvalue weighted by atomic mass is 35.5. The van der Waals surface area contributed by atoms with Crippen LogP contribution in [0.4, 0.5) is 0 Å². The van der Waals surface area contributed by atoms with Crippen molar-refractivity contribution in [3.8, 4) is 11.5 Å². The van der Waals surface area contributed by atoms with Crippen LogP contribution < -0.4 is 14.9 Å². The summed E-state index contributed by atoms with van der Waals surface area (Å²) in [5.41, 5.74) is 6.71. The van der Waals surface area contributed by atoms with Gasteiger partial charge in [-0.15, -0.1) is 0 Å². The third kappa shape index (κ3) is 7.97. The summed E-state index contributed by atoms with van der Waals surface area (Å²) >= 11 is 7.94. The number of halogens is 1. The molecule has 0 fully saturated rings. The van der Waals surface area contributed by atoms with Crippen molar-refractivity contribution in [2.75, 3.05) is 13.2 Å². The smallest absolute Gasteiger partial charge is 0.271 e. The minimum atomic E-state index is -0.308. The predicted octanol–water partition coefficient (Wildman–Crippen LogP) is 5.99. The van der Waals surface area contributed by atoms with E-state index in [9.17, 15) is 4.79 Å². The Morgan fingerprint density at radius 2 is 1.80 bits per heavy atom. The minimum absolute atomic E-state index is 0.308. The number of aromatic nitrogens is 2. The van der Waals surface area contributed by atoms with Crippen molar-refractivity contribution in [3.05, 3.63) is 75.6 Å². The van der Waals surface area contributed by atoms with Crippen LogP contribution in [0.15, 0.2) is 52.7 Å². The molecule has 0 aliphatic heterocycles. The van der Waals surface area contributed by atoms with E-state index >= 15 is 0 Å². The van der Waals surface area contributed by atoms with Crippen LogP contribution in [0, 0.1) is 13.8 Å². The first-order valence-electron chi connectivity index (χ1n) is 11.4. The zero-order valence-electron chi connectivity index (χ0n) is 20.3. The van der Waals surface area contributed by atoms with Crippen LogP contribution in [-0.4, -0.2) is 35.3 Å². The third-order valence-electron chi connectivity index (χ3n) is 4.71. The van der Waals surface area contributed by atoms with E-state index in [4.69, 9.17) is 21.1 Å². The maximum absolute atomic E-state index is 12.5. The Kier molecular flexibility index (Phi) is 9.93. The quantitative estimate of drug-likeness (QED) is 0.147. The molecule has 1 N–H and O–H groups in total. The molecule has 7 nitrogen and oxygen atoms in total. The van der Waals surface area contributed by atoms with Crippen LogP contribution in [0.2, 0.25) is 5.02 Å². The zero-order valence-corrected chi connectivity index (χ0v) is 21.9. The van der Waals surface area contributed by atoms with Gasteiger partial charge in [0.15, 0.2) is 16.7 Å². The minimum Gasteiger partial charge on any atom is -0.490 e. The highest BCUT2D eigenvalue weighted by Gasteiger charge is 2.12. The molecule has 0 bridgehead atoms. The molecule has 0 spiro atoms. The van der Waals surface area contributed by atoms with Crippen molar-refractivity contribution < 1.29 is 14.3 Å². The lowest BCUT2D eigenvalue weighted by molar-refractivity contribution is 0.0955. The zero-order chi connectivity index (χ0) is 25.2. The summed E-state index contributed by atoms with van der Waals surface area (Å²) in [7, 11) is 0. The normalized spacial score (nSPS) is 11.0. The number of nitrogens with one attached hydrogen (secondary N) is 1. The molecule has 35 heavy (non-hydrogen) atoms. The summed E-state index contributed by atoms with van der Waals surface area (Å²) in [6.07, 6.45) is 2.38. The Morgan fingerprint density at radius 1 is 1.09 bits per heavy atom. The summed E-state index contributed by atoms with van der Waals surface area (Å²) in [5.74, 6) is 1.46. The Balaban J connectivity index is 1.59. The van der Waals surface area contributed by atoms with Gasteiger partial charge in [-0.05, 0) is 68.7 Å². The van der Waals surface area contributed by atoms with Gasteiger partial charge in [0.25, 0.3) is 5.91 Å². The Hall–Kier alpha value is -3.10. The van der Waals surface area contributed by atoms with E-state index < -0.39 is 0 Å². The number of hydrogen-bond acceptors (Lipinski definition) is 7. The molecule has 9 heteroatoms. The number of ether oxygens (including phenoxy) is 2. The Bertz CT molecular complexity index is 1170. The number of thioether (sulfide) groups is 1. The number of carbonyl (C=O) groups is 1. The first kappa shape index (κ1) is 26.5. The molecule has 1 aromatic heterocycles. The van der Waals surface area contributed by atoms with E-state index in [1.165, 1.54) is 6.21 Å². The fraction of sp³-hybridized carbons (Fsp3) is 0.308. The number of hydrazone groups is 1. The Morgan fingerprint density at radius 3 is 2.46 bits per heavy atom. The van der Waals surface area contributed by atoms with Crippen LogP contribution in [0.25, 0.3) is 0 Å². The molecule has 3 rings (SSSR count). The lowest BCUT2D eigenvalue weighted by atomic mass is 10.1. The summed E-state index contributed by atoms with van der Waals surface area (Å²) in [5, 5.41) is 5.24. The molecule has 1 amide bonds. The molecule has 0 saturated carbocycles. The van der Waals surface area contributed by atoms with Crippen LogP contribution in [0.3, 0.4) is 0 Å². The van der Waals surface area contributed by atoms with Crippen LogP contribution in [0.1, 0.15) is 53.1 Å². The van der Waals surface area contributed by atoms with Crippen LogP contribution >= 0.6 is 23.4 Å². The first-order chi connectivity index (χ1) is 16.9. The second kappa shape index (κ2) is 13.1. The van der Waals surface area contributed by atoms with Gasteiger partial charge in [0, 0.05) is 22.7 Å². The standard InChI is InChI=1S/C26H29ClN4O3S/c1-5-11-34-24-22(27)13-20(14-23(24)33-6-2)15-28-31-25(32)21-9-7-19(8-10-21)16-35-26-29-17(3)12-18(4)30-26/h7-10,12-15H,5-6,11,16H2,1-4H3,(H,31,32)/b28-15+. The lowest BCUT2D eigenvalue weighted by Gasteiger charge is -2.13. The molecular weight excluding hydrogens is 484 g/mol. The highest BCUT2D eigenvalue weighted by Crippen LogP contribution is 2.36. The molecule has 0 aliphatic carbocycles. The molecule has 1 heterocycles. The maximum Gasteiger partial charge on any atom is 0.271 e. The van der Waals surface area contributed by atoms with Crippen molar-refractivity contribution >= 4 is 35.5 Å². The van der Waals surface area contributed by atoms with Crippen LogP contribution in [-0.2, 0) is 5.75 Å². The first-order valence-corrected chi connectivity index (χ1v) is 12.7. The van der Waals surface area contributed by atoms with Crippen molar-refractivity contribution in [1.29, 1.82) is 0 Å². The van der Waals surface area contributed by atoms with Gasteiger partial charge >= 0.3 is 0 Å². The van der Waals surface area contributed by atoms with Crippen molar-refractivity contribution in [2.24, 2.45) is 5.10 Å². The van der Waals surface area contributed by atoms with Gasteiger partial charge in [-0.3, -0.25) is 4.79 Å². The number of amides is 1. The summed E-state index contributed by atoms with van der Waals surface area (Å²) in [4.78, 5) is 21.4. The van der Waals surface area contributed by atoms with Gasteiger partial charge < -0.3 is 9.47 Å². The fourth-order valence-corrected chi connectivity index (χ4v) is 4.34. The number of hydrogen-bond donors (Lipinski definition) is 1. The Labute approximate surface area is 215 Å². The molecule has 0 atom stereocenters. The third-order valence-corrected chi connectivity index (χ3v) is 5.91. The van der Waals surface area contributed by atoms with E-state index in [0.29, 0.717) is 46.6 Å². The highest BCUT2D eigenvalue weighted by molar-refractivity contribution is 7.98. The van der Waals surface area contributed by atoms with Gasteiger partial charge in [-0.1, -0.05) is 42.4 Å². The fourth-order valence-electron chi connectivity index (χ4n) is 3.16. The van der Waals surface area contributed by atoms with Crippen LogP contribution in [0.5, 0.6) is 11.5 Å². The number of aryl methyl sites for hydroxylation is 2. The van der Waals surface area contributed by atoms with E-state index in [1.807, 2.05) is 45.9 Å². The average molecular weight is 513 g/mol. The molecule has 0 saturated heterocycles. The number of rotatable bonds is 11. The molecule has 184 valence electrons. The van der Waals surface area contributed by atoms with Gasteiger partial charge in [0.05, 0.1) is 24.5 Å². The van der Waals surface area contributed by atoms with Gasteiger partial charge in [0.2, 0.25) is 0 Å². The molecule has 2 aromatic carbocycles. The average Bonchev–Trinajstić information content (AvgIpc) is 2.82. The van der Waals surface area contributed by atoms with Crippen molar-refractivity contribution in [1.82, 2.24) is 15.4 Å². The second-order valence-corrected chi connectivity index (χ2v) is 9.08. The summed E-state index contributed by atoms with van der Waals surface area (Å²) in [6.45, 7) is 8.84. The number of carbonyl (C=O) groups excluding carboxylic acids is 1. The molecular formula is C26H29ClN4O3S. The predicted molar refractivity (Wildman–Crippen MR) is 141 cm³/mol. The number of benzene rings is 2. The van der Waals surface area contributed by atoms with Gasteiger partial charge in [-0.25, -0.2) is 15.4 Å². The van der Waals surface area contributed by atoms with Crippen molar-refractivity contribution in [2.45, 2.75) is 45.0 Å². The number of nitrogens with zero attached hydrogens (tertiary/aromatic N) is 3. The van der Waals surface area contributed by atoms with E-state index in [2.05, 4.69) is 20.5 Å². The monoisotopic (exact) mass is 512 g/mol. The molecule has 3 aromatic rings. The van der Waals surface area contributed by atoms with Gasteiger partial charge in [-0.2, -0.15) is 5.10 Å². The lowest BCUT2D eigenvalue weighted by Crippen LogP contribution is -2.17. The van der Waals surface area contributed by atoms with E-state index in [-0.39, 0.29) is 5.91 Å². The largest absolute Gasteiger partial charge is 0.490 e. The van der Waals surface area contributed by atoms with E-state index in [1.54, 1.807) is 36.0 Å². The van der Waals surface area contributed by atoms with Gasteiger partial charge in [0.1, 0.15) is 0 Å². The summed E-state index contributed by atoms with van der Waals surface area (Å²) in [6, 6.07) is 12.8. The molecule has 0 unspecified atom stereocenters. The topological polar surface area (TPSA) is 85.7 Å². The second-order valence-electron chi connectivity index (χ2n) is 7.73. The molecule has 0 radical (unpaired) electrons.